The summed E-state index contributed by atoms with van der Waals surface area (Å²) in [5.41, 5.74) is 0.437. The molecular formula is C15H26O3. The summed E-state index contributed by atoms with van der Waals surface area (Å²) in [5.74, 6) is -0.107. The van der Waals surface area contributed by atoms with Crippen molar-refractivity contribution < 1.29 is 14.6 Å². The van der Waals surface area contributed by atoms with Gasteiger partial charge in [0.25, 0.3) is 0 Å². The Balaban J connectivity index is 2.10. The minimum absolute atomic E-state index is 0.124. The van der Waals surface area contributed by atoms with E-state index in [9.17, 15) is 9.90 Å². The number of aliphatic carboxylic acids is 1. The van der Waals surface area contributed by atoms with Crippen LogP contribution in [0.1, 0.15) is 59.8 Å². The van der Waals surface area contributed by atoms with Gasteiger partial charge >= 0.3 is 5.97 Å². The molecule has 2 saturated carbocycles. The van der Waals surface area contributed by atoms with Gasteiger partial charge in [-0.1, -0.05) is 34.1 Å². The maximum Gasteiger partial charge on any atom is 0.332 e. The Morgan fingerprint density at radius 3 is 2.50 bits per heavy atom. The molecular weight excluding hydrogens is 228 g/mol. The van der Waals surface area contributed by atoms with Crippen LogP contribution in [0.15, 0.2) is 0 Å². The lowest BCUT2D eigenvalue weighted by molar-refractivity contribution is -0.162. The zero-order chi connectivity index (χ0) is 13.6. The Morgan fingerprint density at radius 2 is 2.11 bits per heavy atom. The van der Waals surface area contributed by atoms with Gasteiger partial charge < -0.3 is 9.84 Å². The number of carboxylic acid groups (broad SMARTS) is 1. The smallest absolute Gasteiger partial charge is 0.332 e. The van der Waals surface area contributed by atoms with Crippen LogP contribution in [0.25, 0.3) is 0 Å². The SMILES string of the molecule is CCCC(OC1CC2CCC1(C)C2(C)C)C(=O)O. The average molecular weight is 254 g/mol. The van der Waals surface area contributed by atoms with E-state index in [0.29, 0.717) is 12.3 Å². The van der Waals surface area contributed by atoms with Crippen LogP contribution in [0.2, 0.25) is 0 Å². The van der Waals surface area contributed by atoms with Gasteiger partial charge in [-0.2, -0.15) is 0 Å². The van der Waals surface area contributed by atoms with Crippen LogP contribution < -0.4 is 0 Å². The van der Waals surface area contributed by atoms with E-state index in [2.05, 4.69) is 20.8 Å². The van der Waals surface area contributed by atoms with E-state index in [-0.39, 0.29) is 16.9 Å². The molecule has 0 amide bonds. The summed E-state index contributed by atoms with van der Waals surface area (Å²) >= 11 is 0. The Labute approximate surface area is 110 Å². The summed E-state index contributed by atoms with van der Waals surface area (Å²) < 4.78 is 5.99. The van der Waals surface area contributed by atoms with E-state index in [1.165, 1.54) is 12.8 Å². The molecule has 1 N–H and O–H groups in total. The fourth-order valence-electron chi connectivity index (χ4n) is 4.05. The van der Waals surface area contributed by atoms with Gasteiger partial charge in [-0.25, -0.2) is 4.79 Å². The number of hydrogen-bond acceptors (Lipinski definition) is 2. The van der Waals surface area contributed by atoms with E-state index in [1.807, 2.05) is 6.92 Å². The van der Waals surface area contributed by atoms with E-state index < -0.39 is 12.1 Å². The summed E-state index contributed by atoms with van der Waals surface area (Å²) in [6.45, 7) is 8.94. The quantitative estimate of drug-likeness (QED) is 0.817. The van der Waals surface area contributed by atoms with E-state index >= 15 is 0 Å². The minimum Gasteiger partial charge on any atom is -0.479 e. The van der Waals surface area contributed by atoms with Crippen LogP contribution in [0.4, 0.5) is 0 Å². The molecule has 4 atom stereocenters. The van der Waals surface area contributed by atoms with Crippen molar-refractivity contribution in [3.05, 3.63) is 0 Å². The van der Waals surface area contributed by atoms with E-state index in [4.69, 9.17) is 4.74 Å². The molecule has 0 aliphatic heterocycles. The highest BCUT2D eigenvalue weighted by molar-refractivity contribution is 5.72. The van der Waals surface area contributed by atoms with E-state index in [0.717, 1.165) is 12.8 Å². The molecule has 2 aliphatic rings. The Kier molecular flexibility index (Phi) is 3.48. The Morgan fingerprint density at radius 1 is 1.44 bits per heavy atom. The first-order valence-corrected chi connectivity index (χ1v) is 7.21. The maximum absolute atomic E-state index is 11.2. The molecule has 3 heteroatoms. The Bertz CT molecular complexity index is 337. The topological polar surface area (TPSA) is 46.5 Å². The third kappa shape index (κ3) is 1.87. The molecule has 3 nitrogen and oxygen atoms in total. The average Bonchev–Trinajstić information content (AvgIpc) is 2.61. The fourth-order valence-corrected chi connectivity index (χ4v) is 4.05. The van der Waals surface area contributed by atoms with Crippen molar-refractivity contribution in [3.8, 4) is 0 Å². The van der Waals surface area contributed by atoms with Gasteiger partial charge in [-0.05, 0) is 42.4 Å². The summed E-state index contributed by atoms with van der Waals surface area (Å²) in [4.78, 5) is 11.2. The molecule has 0 aromatic rings. The number of rotatable bonds is 5. The van der Waals surface area contributed by atoms with Crippen LogP contribution in [0.3, 0.4) is 0 Å². The zero-order valence-corrected chi connectivity index (χ0v) is 12.0. The lowest BCUT2D eigenvalue weighted by atomic mass is 9.70. The molecule has 2 fully saturated rings. The maximum atomic E-state index is 11.2. The van der Waals surface area contributed by atoms with Crippen molar-refractivity contribution >= 4 is 5.97 Å². The molecule has 104 valence electrons. The molecule has 4 unspecified atom stereocenters. The van der Waals surface area contributed by atoms with Gasteiger partial charge in [-0.15, -0.1) is 0 Å². The predicted octanol–water partition coefficient (Wildman–Crippen LogP) is 3.47. The van der Waals surface area contributed by atoms with Crippen molar-refractivity contribution in [2.75, 3.05) is 0 Å². The molecule has 0 aromatic heterocycles. The molecule has 18 heavy (non-hydrogen) atoms. The minimum atomic E-state index is -0.805. The van der Waals surface area contributed by atoms with Gasteiger partial charge in [0.1, 0.15) is 0 Å². The van der Waals surface area contributed by atoms with Gasteiger partial charge in [0.15, 0.2) is 6.10 Å². The van der Waals surface area contributed by atoms with Crippen molar-refractivity contribution in [1.29, 1.82) is 0 Å². The number of fused-ring (bicyclic) bond motifs is 2. The monoisotopic (exact) mass is 254 g/mol. The number of carboxylic acids is 1. The van der Waals surface area contributed by atoms with Gasteiger partial charge in [0.2, 0.25) is 0 Å². The molecule has 2 bridgehead atoms. The summed E-state index contributed by atoms with van der Waals surface area (Å²) in [7, 11) is 0. The normalized spacial score (nSPS) is 38.9. The number of hydrogen-bond donors (Lipinski definition) is 1. The van der Waals surface area contributed by atoms with Crippen LogP contribution in [0, 0.1) is 16.7 Å². The second-order valence-electron chi connectivity index (χ2n) is 6.85. The highest BCUT2D eigenvalue weighted by Gasteiger charge is 2.62. The lowest BCUT2D eigenvalue weighted by Crippen LogP contribution is -2.41. The van der Waals surface area contributed by atoms with Crippen molar-refractivity contribution in [2.24, 2.45) is 16.7 Å². The molecule has 2 aliphatic carbocycles. The first-order chi connectivity index (χ1) is 8.33. The molecule has 0 heterocycles. The summed E-state index contributed by atoms with van der Waals surface area (Å²) in [6.07, 6.45) is 4.46. The molecule has 0 saturated heterocycles. The standard InChI is InChI=1S/C15H26O3/c1-5-6-11(13(16)17)18-12-9-10-7-8-15(12,4)14(10,2)3/h10-12H,5-9H2,1-4H3,(H,16,17). The van der Waals surface area contributed by atoms with Crippen molar-refractivity contribution in [3.63, 3.8) is 0 Å². The molecule has 0 spiro atoms. The lowest BCUT2D eigenvalue weighted by Gasteiger charge is -2.39. The molecule has 2 rings (SSSR count). The molecule has 0 radical (unpaired) electrons. The van der Waals surface area contributed by atoms with Gasteiger partial charge in [0.05, 0.1) is 6.10 Å². The third-order valence-electron chi connectivity index (χ3n) is 5.87. The number of ether oxygens (including phenoxy) is 1. The summed E-state index contributed by atoms with van der Waals surface area (Å²) in [5, 5.41) is 9.22. The zero-order valence-electron chi connectivity index (χ0n) is 12.0. The third-order valence-corrected chi connectivity index (χ3v) is 5.87. The van der Waals surface area contributed by atoms with E-state index in [1.54, 1.807) is 0 Å². The van der Waals surface area contributed by atoms with Gasteiger partial charge in [0, 0.05) is 0 Å². The first-order valence-electron chi connectivity index (χ1n) is 7.21. The van der Waals surface area contributed by atoms with Crippen molar-refractivity contribution in [2.45, 2.75) is 72.0 Å². The fraction of sp³-hybridized carbons (Fsp3) is 0.933. The first kappa shape index (κ1) is 13.9. The summed E-state index contributed by atoms with van der Waals surface area (Å²) in [6, 6.07) is 0. The van der Waals surface area contributed by atoms with Crippen LogP contribution in [0.5, 0.6) is 0 Å². The van der Waals surface area contributed by atoms with Gasteiger partial charge in [-0.3, -0.25) is 0 Å². The van der Waals surface area contributed by atoms with Crippen LogP contribution in [-0.4, -0.2) is 23.3 Å². The Hall–Kier alpha value is -0.570. The van der Waals surface area contributed by atoms with Crippen LogP contribution in [-0.2, 0) is 9.53 Å². The van der Waals surface area contributed by atoms with Crippen LogP contribution >= 0.6 is 0 Å². The largest absolute Gasteiger partial charge is 0.479 e. The second kappa shape index (κ2) is 4.52. The highest BCUT2D eigenvalue weighted by atomic mass is 16.5. The molecule has 0 aromatic carbocycles. The van der Waals surface area contributed by atoms with Crippen molar-refractivity contribution in [1.82, 2.24) is 0 Å². The highest BCUT2D eigenvalue weighted by Crippen LogP contribution is 2.66. The predicted molar refractivity (Wildman–Crippen MR) is 70.4 cm³/mol. The second-order valence-corrected chi connectivity index (χ2v) is 6.85. The number of carbonyl (C=O) groups is 1.